The van der Waals surface area contributed by atoms with Gasteiger partial charge in [-0.15, -0.1) is 0 Å². The molecule has 0 aliphatic rings. The Hall–Kier alpha value is -4.69. The summed E-state index contributed by atoms with van der Waals surface area (Å²) in [7, 11) is 0. The Balaban J connectivity index is 1.65. The number of hydrogen-bond acceptors (Lipinski definition) is 1. The Bertz CT molecular complexity index is 1510. The molecule has 1 aromatic heterocycles. The topological polar surface area (TPSA) is 17.8 Å². The van der Waals surface area contributed by atoms with E-state index in [4.69, 9.17) is 5.10 Å². The third-order valence-electron chi connectivity index (χ3n) is 6.81. The van der Waals surface area contributed by atoms with Crippen LogP contribution >= 0.6 is 0 Å². The third-order valence-corrected chi connectivity index (χ3v) is 6.81. The van der Waals surface area contributed by atoms with E-state index in [1.807, 2.05) is 22.9 Å². The van der Waals surface area contributed by atoms with Crippen molar-refractivity contribution in [3.8, 4) is 16.8 Å². The van der Waals surface area contributed by atoms with Gasteiger partial charge < -0.3 is 0 Å². The quantitative estimate of drug-likeness (QED) is 0.230. The van der Waals surface area contributed by atoms with Crippen LogP contribution in [0.3, 0.4) is 0 Å². The fraction of sp³-hybridized carbons (Fsp3) is 0.0294. The first kappa shape index (κ1) is 21.8. The second kappa shape index (κ2) is 9.52. The van der Waals surface area contributed by atoms with Gasteiger partial charge in [-0.1, -0.05) is 127 Å². The minimum absolute atomic E-state index is 0.590. The van der Waals surface area contributed by atoms with Crippen molar-refractivity contribution in [2.75, 3.05) is 0 Å². The second-order valence-corrected chi connectivity index (χ2v) is 8.91. The maximum atomic E-state index is 5.20. The van der Waals surface area contributed by atoms with Crippen molar-refractivity contribution in [2.45, 2.75) is 5.41 Å². The molecule has 0 radical (unpaired) electrons. The maximum absolute atomic E-state index is 5.20. The number of benzene rings is 5. The summed E-state index contributed by atoms with van der Waals surface area (Å²) >= 11 is 0. The highest BCUT2D eigenvalue weighted by Crippen LogP contribution is 2.45. The highest BCUT2D eigenvalue weighted by Gasteiger charge is 2.40. The molecule has 36 heavy (non-hydrogen) atoms. The van der Waals surface area contributed by atoms with Crippen LogP contribution < -0.4 is 0 Å². The van der Waals surface area contributed by atoms with Crippen molar-refractivity contribution in [2.24, 2.45) is 0 Å². The zero-order valence-corrected chi connectivity index (χ0v) is 19.9. The molecule has 0 saturated heterocycles. The summed E-state index contributed by atoms with van der Waals surface area (Å²) in [6.45, 7) is 0. The van der Waals surface area contributed by atoms with Crippen molar-refractivity contribution in [3.05, 3.63) is 180 Å². The zero-order chi connectivity index (χ0) is 24.2. The van der Waals surface area contributed by atoms with Crippen molar-refractivity contribution < 1.29 is 0 Å². The molecule has 6 aromatic rings. The highest BCUT2D eigenvalue weighted by atomic mass is 15.3. The summed E-state index contributed by atoms with van der Waals surface area (Å²) in [4.78, 5) is 0. The van der Waals surface area contributed by atoms with Gasteiger partial charge in [-0.3, -0.25) is 0 Å². The molecule has 0 spiro atoms. The van der Waals surface area contributed by atoms with E-state index in [1.54, 1.807) is 0 Å². The Labute approximate surface area is 212 Å². The van der Waals surface area contributed by atoms with Crippen molar-refractivity contribution in [1.82, 2.24) is 9.78 Å². The van der Waals surface area contributed by atoms with Gasteiger partial charge >= 0.3 is 0 Å². The van der Waals surface area contributed by atoms with Crippen LogP contribution in [0, 0.1) is 0 Å². The first-order chi connectivity index (χ1) is 17.9. The Morgan fingerprint density at radius 3 is 1.56 bits per heavy atom. The minimum Gasteiger partial charge on any atom is -0.241 e. The second-order valence-electron chi connectivity index (χ2n) is 8.91. The van der Waals surface area contributed by atoms with Crippen LogP contribution in [-0.2, 0) is 5.41 Å². The Morgan fingerprint density at radius 1 is 0.444 bits per heavy atom. The molecule has 0 aliphatic heterocycles. The number of nitrogens with zero attached hydrogens (tertiary/aromatic N) is 2. The lowest BCUT2D eigenvalue weighted by molar-refractivity contribution is 0.691. The molecule has 2 heteroatoms. The largest absolute Gasteiger partial charge is 0.241 e. The Morgan fingerprint density at radius 2 is 0.944 bits per heavy atom. The molecule has 0 aliphatic carbocycles. The van der Waals surface area contributed by atoms with E-state index in [0.717, 1.165) is 11.4 Å². The van der Waals surface area contributed by atoms with Gasteiger partial charge in [0.25, 0.3) is 0 Å². The average molecular weight is 463 g/mol. The van der Waals surface area contributed by atoms with Gasteiger partial charge in [-0.2, -0.15) is 5.10 Å². The molecular formula is C34H26N2. The lowest BCUT2D eigenvalue weighted by atomic mass is 9.67. The van der Waals surface area contributed by atoms with Crippen LogP contribution in [0.25, 0.3) is 16.8 Å². The van der Waals surface area contributed by atoms with E-state index in [9.17, 15) is 0 Å². The van der Waals surface area contributed by atoms with E-state index in [-0.39, 0.29) is 0 Å². The number of hydrogen-bond donors (Lipinski definition) is 0. The van der Waals surface area contributed by atoms with Gasteiger partial charge in [0, 0.05) is 6.20 Å². The van der Waals surface area contributed by atoms with Crippen LogP contribution in [-0.4, -0.2) is 9.78 Å². The molecule has 0 N–H and O–H groups in total. The molecular weight excluding hydrogens is 436 g/mol. The third kappa shape index (κ3) is 3.83. The fourth-order valence-electron chi connectivity index (χ4n) is 5.13. The number of para-hydroxylation sites is 1. The van der Waals surface area contributed by atoms with Crippen molar-refractivity contribution in [1.29, 1.82) is 0 Å². The number of rotatable bonds is 6. The molecule has 0 atom stereocenters. The molecule has 0 fully saturated rings. The predicted molar refractivity (Wildman–Crippen MR) is 147 cm³/mol. The zero-order valence-electron chi connectivity index (χ0n) is 19.9. The molecule has 6 rings (SSSR count). The van der Waals surface area contributed by atoms with Gasteiger partial charge in [-0.05, 0) is 52.1 Å². The lowest BCUT2D eigenvalue weighted by Gasteiger charge is -2.35. The van der Waals surface area contributed by atoms with Crippen LogP contribution in [0.4, 0.5) is 0 Å². The summed E-state index contributed by atoms with van der Waals surface area (Å²) in [5, 5.41) is 5.20. The van der Waals surface area contributed by atoms with E-state index >= 15 is 0 Å². The average Bonchev–Trinajstić information content (AvgIpc) is 3.46. The molecule has 1 heterocycles. The highest BCUT2D eigenvalue weighted by molar-refractivity contribution is 5.67. The first-order valence-corrected chi connectivity index (χ1v) is 12.2. The summed E-state index contributed by atoms with van der Waals surface area (Å²) in [6, 6.07) is 53.3. The van der Waals surface area contributed by atoms with Crippen LogP contribution in [0.5, 0.6) is 0 Å². The summed E-state index contributed by atoms with van der Waals surface area (Å²) in [6.07, 6.45) is 2.06. The summed E-state index contributed by atoms with van der Waals surface area (Å²) in [5.41, 5.74) is 7.36. The summed E-state index contributed by atoms with van der Waals surface area (Å²) < 4.78 is 1.97. The monoisotopic (exact) mass is 462 g/mol. The predicted octanol–water partition coefficient (Wildman–Crippen LogP) is 7.92. The molecule has 0 amide bonds. The van der Waals surface area contributed by atoms with E-state index in [1.165, 1.54) is 27.8 Å². The van der Waals surface area contributed by atoms with Crippen molar-refractivity contribution >= 4 is 0 Å². The maximum Gasteiger partial charge on any atom is 0.0892 e. The molecule has 0 bridgehead atoms. The fourth-order valence-corrected chi connectivity index (χ4v) is 5.13. The van der Waals surface area contributed by atoms with Crippen LogP contribution in [0.2, 0.25) is 0 Å². The van der Waals surface area contributed by atoms with Crippen LogP contribution in [0.15, 0.2) is 158 Å². The lowest BCUT2D eigenvalue weighted by Crippen LogP contribution is -2.31. The van der Waals surface area contributed by atoms with E-state index in [0.29, 0.717) is 0 Å². The standard InChI is InChI=1S/C34H26N2/c1-5-14-27(15-6-1)28-16-13-21-31(26-28)34(29-17-7-2-8-18-29,30-19-9-3-10-20-30)33-24-25-36(35-33)32-22-11-4-12-23-32/h1-26H. The van der Waals surface area contributed by atoms with Gasteiger partial charge in [0.05, 0.1) is 16.8 Å². The SMILES string of the molecule is c1ccc(-c2cccc(C(c3ccccc3)(c3ccccc3)c3ccn(-c4ccccc4)n3)c2)cc1. The smallest absolute Gasteiger partial charge is 0.0892 e. The first-order valence-electron chi connectivity index (χ1n) is 12.2. The molecule has 0 unspecified atom stereocenters. The van der Waals surface area contributed by atoms with Gasteiger partial charge in [0.2, 0.25) is 0 Å². The molecule has 2 nitrogen and oxygen atoms in total. The van der Waals surface area contributed by atoms with Gasteiger partial charge in [0.1, 0.15) is 0 Å². The Kier molecular flexibility index (Phi) is 5.77. The van der Waals surface area contributed by atoms with Crippen LogP contribution in [0.1, 0.15) is 22.4 Å². The molecule has 172 valence electrons. The van der Waals surface area contributed by atoms with Gasteiger partial charge in [-0.25, -0.2) is 4.68 Å². The van der Waals surface area contributed by atoms with Gasteiger partial charge in [0.15, 0.2) is 0 Å². The van der Waals surface area contributed by atoms with E-state index < -0.39 is 5.41 Å². The number of aromatic nitrogens is 2. The molecule has 0 saturated carbocycles. The van der Waals surface area contributed by atoms with Crippen molar-refractivity contribution in [3.63, 3.8) is 0 Å². The normalized spacial score (nSPS) is 11.3. The van der Waals surface area contributed by atoms with E-state index in [2.05, 4.69) is 140 Å². The molecule has 5 aromatic carbocycles. The summed E-state index contributed by atoms with van der Waals surface area (Å²) in [5.74, 6) is 0. The minimum atomic E-state index is -0.590.